The van der Waals surface area contributed by atoms with Crippen LogP contribution in [0.1, 0.15) is 60.7 Å². The van der Waals surface area contributed by atoms with Gasteiger partial charge in [0, 0.05) is 31.7 Å². The molecule has 0 saturated carbocycles. The molecule has 2 fully saturated rings. The summed E-state index contributed by atoms with van der Waals surface area (Å²) in [4.78, 5) is 76.7. The number of nitrogens with zero attached hydrogens (tertiary/aromatic N) is 2. The second-order valence-electron chi connectivity index (χ2n) is 11.2. The van der Waals surface area contributed by atoms with Gasteiger partial charge < -0.3 is 29.7 Å². The molecule has 1 unspecified atom stereocenters. The van der Waals surface area contributed by atoms with E-state index in [2.05, 4.69) is 16.0 Å². The van der Waals surface area contributed by atoms with Gasteiger partial charge in [-0.15, -0.1) is 0 Å². The quantitative estimate of drug-likeness (QED) is 0.247. The summed E-state index contributed by atoms with van der Waals surface area (Å²) < 4.78 is 16.2. The molecule has 228 valence electrons. The molecule has 0 spiro atoms. The maximum Gasteiger partial charge on any atom is 0.407 e. The molecule has 0 bridgehead atoms. The Morgan fingerprint density at radius 2 is 1.79 bits per heavy atom. The maximum absolute atomic E-state index is 13.1. The zero-order valence-electron chi connectivity index (χ0n) is 24.0. The lowest BCUT2D eigenvalue weighted by Crippen LogP contribution is -2.54. The molecule has 0 aromatic heterocycles. The minimum atomic E-state index is -1.03. The lowest BCUT2D eigenvalue weighted by molar-refractivity contribution is -0.137. The average molecular weight is 588 g/mol. The van der Waals surface area contributed by atoms with E-state index in [1.54, 1.807) is 37.8 Å². The molecular weight excluding hydrogens is 550 g/mol. The van der Waals surface area contributed by atoms with Crippen molar-refractivity contribution in [1.82, 2.24) is 20.4 Å². The summed E-state index contributed by atoms with van der Waals surface area (Å²) in [6.45, 7) is 7.22. The van der Waals surface area contributed by atoms with Crippen LogP contribution in [-0.4, -0.2) is 109 Å². The highest BCUT2D eigenvalue weighted by molar-refractivity contribution is 6.25. The van der Waals surface area contributed by atoms with Gasteiger partial charge in [0.25, 0.3) is 11.8 Å². The standard InChI is InChI=1S/C28H37N5O9/c1-28(2,3)42-27(39)30-17-9-11-32(15-17)22(35)16-41-14-13-40-12-10-29-19-6-4-5-18-23(19)26(38)33(25(18)37)20-7-8-21(34)31-24(20)36/h4-6,17,20,29H,7-16H2,1-3H3,(H,30,39)(H,31,34,36)/t17-,20?/m0/s1. The summed E-state index contributed by atoms with van der Waals surface area (Å²) in [5.74, 6) is -2.42. The second kappa shape index (κ2) is 13.3. The van der Waals surface area contributed by atoms with Crippen molar-refractivity contribution < 1.29 is 43.0 Å². The Morgan fingerprint density at radius 1 is 1.02 bits per heavy atom. The molecule has 3 aliphatic rings. The van der Waals surface area contributed by atoms with Gasteiger partial charge in [-0.05, 0) is 45.7 Å². The van der Waals surface area contributed by atoms with Gasteiger partial charge in [-0.3, -0.25) is 34.2 Å². The van der Waals surface area contributed by atoms with Crippen LogP contribution in [-0.2, 0) is 28.6 Å². The second-order valence-corrected chi connectivity index (χ2v) is 11.2. The first kappa shape index (κ1) is 30.9. The normalized spacial score (nSPS) is 20.5. The predicted molar refractivity (Wildman–Crippen MR) is 148 cm³/mol. The fourth-order valence-electron chi connectivity index (χ4n) is 4.97. The van der Waals surface area contributed by atoms with Crippen molar-refractivity contribution >= 4 is 41.3 Å². The fraction of sp³-hybridized carbons (Fsp3) is 0.571. The first-order chi connectivity index (χ1) is 19.9. The Morgan fingerprint density at radius 3 is 2.52 bits per heavy atom. The number of amides is 6. The van der Waals surface area contributed by atoms with Gasteiger partial charge in [-0.1, -0.05) is 6.07 Å². The van der Waals surface area contributed by atoms with E-state index in [9.17, 15) is 28.8 Å². The number of carbonyl (C=O) groups is 6. The average Bonchev–Trinajstić information content (AvgIpc) is 3.47. The number of piperidine rings is 1. The van der Waals surface area contributed by atoms with Crippen LogP contribution in [0.4, 0.5) is 10.5 Å². The molecule has 1 aromatic rings. The smallest absolute Gasteiger partial charge is 0.407 e. The Bertz CT molecular complexity index is 1240. The number of ether oxygens (including phenoxy) is 3. The van der Waals surface area contributed by atoms with E-state index < -0.39 is 41.4 Å². The number of nitrogens with one attached hydrogen (secondary N) is 3. The summed E-state index contributed by atoms with van der Waals surface area (Å²) >= 11 is 0. The topological polar surface area (TPSA) is 173 Å². The van der Waals surface area contributed by atoms with Crippen molar-refractivity contribution in [2.75, 3.05) is 51.4 Å². The Kier molecular flexibility index (Phi) is 9.78. The third-order valence-corrected chi connectivity index (χ3v) is 6.89. The first-order valence-corrected chi connectivity index (χ1v) is 14.0. The van der Waals surface area contributed by atoms with Crippen LogP contribution in [0.5, 0.6) is 0 Å². The summed E-state index contributed by atoms with van der Waals surface area (Å²) in [6.07, 6.45) is 0.275. The summed E-state index contributed by atoms with van der Waals surface area (Å²) in [6, 6.07) is 3.64. The van der Waals surface area contributed by atoms with Crippen molar-refractivity contribution in [1.29, 1.82) is 0 Å². The van der Waals surface area contributed by atoms with Crippen LogP contribution in [0.25, 0.3) is 0 Å². The molecule has 3 aliphatic heterocycles. The molecule has 4 rings (SSSR count). The number of alkyl carbamates (subject to hydrolysis) is 1. The van der Waals surface area contributed by atoms with Crippen molar-refractivity contribution in [2.45, 2.75) is 57.7 Å². The van der Waals surface area contributed by atoms with Crippen LogP contribution in [0.15, 0.2) is 18.2 Å². The molecule has 3 N–H and O–H groups in total. The molecule has 14 nitrogen and oxygen atoms in total. The molecule has 42 heavy (non-hydrogen) atoms. The first-order valence-electron chi connectivity index (χ1n) is 14.0. The Labute approximate surface area is 243 Å². The van der Waals surface area contributed by atoms with Crippen molar-refractivity contribution in [3.63, 3.8) is 0 Å². The SMILES string of the molecule is CC(C)(C)OC(=O)N[C@H]1CCN(C(=O)COCCOCCNc2cccc3c2C(=O)N(C2CCC(=O)NC2=O)C3=O)C1. The van der Waals surface area contributed by atoms with E-state index >= 15 is 0 Å². The summed E-state index contributed by atoms with van der Waals surface area (Å²) in [5.41, 5.74) is 0.223. The van der Waals surface area contributed by atoms with Gasteiger partial charge in [0.2, 0.25) is 17.7 Å². The molecule has 6 amide bonds. The highest BCUT2D eigenvalue weighted by atomic mass is 16.6. The van der Waals surface area contributed by atoms with E-state index in [1.807, 2.05) is 0 Å². The largest absolute Gasteiger partial charge is 0.444 e. The number of imide groups is 2. The number of hydrogen-bond donors (Lipinski definition) is 3. The van der Waals surface area contributed by atoms with E-state index in [1.165, 1.54) is 6.07 Å². The number of anilines is 1. The molecule has 14 heteroatoms. The minimum absolute atomic E-state index is 0.0518. The minimum Gasteiger partial charge on any atom is -0.444 e. The maximum atomic E-state index is 13.1. The van der Waals surface area contributed by atoms with Crippen LogP contribution in [0.2, 0.25) is 0 Å². The van der Waals surface area contributed by atoms with E-state index in [0.717, 1.165) is 4.90 Å². The van der Waals surface area contributed by atoms with Gasteiger partial charge in [0.05, 0.1) is 37.0 Å². The third-order valence-electron chi connectivity index (χ3n) is 6.89. The predicted octanol–water partition coefficient (Wildman–Crippen LogP) is 0.659. The number of hydrogen-bond acceptors (Lipinski definition) is 10. The van der Waals surface area contributed by atoms with Crippen LogP contribution in [0, 0.1) is 0 Å². The van der Waals surface area contributed by atoms with Gasteiger partial charge >= 0.3 is 6.09 Å². The third kappa shape index (κ3) is 7.62. The molecule has 2 saturated heterocycles. The van der Waals surface area contributed by atoms with Crippen molar-refractivity contribution in [2.24, 2.45) is 0 Å². The Balaban J connectivity index is 1.13. The van der Waals surface area contributed by atoms with Gasteiger partial charge in [-0.25, -0.2) is 4.79 Å². The van der Waals surface area contributed by atoms with Gasteiger partial charge in [0.15, 0.2) is 0 Å². The number of benzene rings is 1. The van der Waals surface area contributed by atoms with E-state index in [0.29, 0.717) is 31.7 Å². The summed E-state index contributed by atoms with van der Waals surface area (Å²) in [7, 11) is 0. The van der Waals surface area contributed by atoms with Crippen LogP contribution < -0.4 is 16.0 Å². The summed E-state index contributed by atoms with van der Waals surface area (Å²) in [5, 5.41) is 8.05. The lowest BCUT2D eigenvalue weighted by Gasteiger charge is -2.27. The van der Waals surface area contributed by atoms with Crippen molar-refractivity contribution in [3.05, 3.63) is 29.3 Å². The Hall–Kier alpha value is -4.04. The molecule has 0 aliphatic carbocycles. The van der Waals surface area contributed by atoms with Crippen LogP contribution in [0.3, 0.4) is 0 Å². The number of likely N-dealkylation sites (tertiary alicyclic amines) is 1. The number of rotatable bonds is 11. The van der Waals surface area contributed by atoms with Crippen molar-refractivity contribution in [3.8, 4) is 0 Å². The number of carbonyl (C=O) groups excluding carboxylic acids is 6. The zero-order valence-corrected chi connectivity index (χ0v) is 24.0. The van der Waals surface area contributed by atoms with Crippen LogP contribution >= 0.6 is 0 Å². The number of fused-ring (bicyclic) bond motifs is 1. The van der Waals surface area contributed by atoms with E-state index in [4.69, 9.17) is 14.2 Å². The highest BCUT2D eigenvalue weighted by Crippen LogP contribution is 2.32. The molecule has 0 radical (unpaired) electrons. The molecule has 2 atom stereocenters. The monoisotopic (exact) mass is 587 g/mol. The van der Waals surface area contributed by atoms with Gasteiger partial charge in [-0.2, -0.15) is 0 Å². The highest BCUT2D eigenvalue weighted by Gasteiger charge is 2.45. The molecular formula is C28H37N5O9. The van der Waals surface area contributed by atoms with E-state index in [-0.39, 0.29) is 62.3 Å². The van der Waals surface area contributed by atoms with Gasteiger partial charge in [0.1, 0.15) is 18.2 Å². The fourth-order valence-corrected chi connectivity index (χ4v) is 4.97. The molecule has 3 heterocycles. The zero-order chi connectivity index (χ0) is 30.4. The molecule has 1 aromatic carbocycles. The lowest BCUT2D eigenvalue weighted by atomic mass is 10.0.